The van der Waals surface area contributed by atoms with Crippen LogP contribution in [0.4, 0.5) is 0 Å². The maximum atomic E-state index is 11.6. The molecular weight excluding hydrogens is 308 g/mol. The molecule has 0 unspecified atom stereocenters. The summed E-state index contributed by atoms with van der Waals surface area (Å²) < 4.78 is 10.8. The molecule has 0 saturated heterocycles. The van der Waals surface area contributed by atoms with Crippen molar-refractivity contribution in [2.45, 2.75) is 19.3 Å². The van der Waals surface area contributed by atoms with Gasteiger partial charge in [-0.3, -0.25) is 4.79 Å². The number of nitrogens with one attached hydrogen (secondary N) is 1. The molecule has 1 amide bonds. The molecule has 0 aliphatic carbocycles. The van der Waals surface area contributed by atoms with Crippen molar-refractivity contribution in [3.05, 3.63) is 35.9 Å². The number of hydrogen-bond acceptors (Lipinski definition) is 5. The van der Waals surface area contributed by atoms with Crippen molar-refractivity contribution in [3.63, 3.8) is 0 Å². The second-order valence-electron chi connectivity index (χ2n) is 5.29. The van der Waals surface area contributed by atoms with E-state index in [1.807, 2.05) is 0 Å². The lowest BCUT2D eigenvalue weighted by Gasteiger charge is -2.06. The minimum atomic E-state index is -0.142. The molecule has 1 aromatic rings. The van der Waals surface area contributed by atoms with Gasteiger partial charge in [0.15, 0.2) is 0 Å². The minimum absolute atomic E-state index is 0.142. The fourth-order valence-corrected chi connectivity index (χ4v) is 1.85. The van der Waals surface area contributed by atoms with Gasteiger partial charge in [-0.1, -0.05) is 12.1 Å². The second-order valence-corrected chi connectivity index (χ2v) is 5.29. The number of amides is 1. The zero-order chi connectivity index (χ0) is 17.5. The van der Waals surface area contributed by atoms with Crippen LogP contribution in [-0.4, -0.2) is 50.5 Å². The largest absolute Gasteiger partial charge is 0.508 e. The van der Waals surface area contributed by atoms with Gasteiger partial charge in [0, 0.05) is 39.0 Å². The Hall–Kier alpha value is -1.89. The van der Waals surface area contributed by atoms with Gasteiger partial charge in [-0.15, -0.1) is 0 Å². The zero-order valence-corrected chi connectivity index (χ0v) is 14.1. The van der Waals surface area contributed by atoms with Gasteiger partial charge < -0.3 is 25.6 Å². The third-order valence-corrected chi connectivity index (χ3v) is 3.16. The van der Waals surface area contributed by atoms with Crippen molar-refractivity contribution >= 4 is 12.0 Å². The van der Waals surface area contributed by atoms with E-state index in [2.05, 4.69) is 5.32 Å². The van der Waals surface area contributed by atoms with E-state index in [0.717, 1.165) is 24.8 Å². The smallest absolute Gasteiger partial charge is 0.244 e. The molecule has 0 radical (unpaired) electrons. The van der Waals surface area contributed by atoms with Crippen molar-refractivity contribution in [3.8, 4) is 5.75 Å². The molecule has 1 aromatic carbocycles. The fraction of sp³-hybridized carbons (Fsp3) is 0.500. The van der Waals surface area contributed by atoms with Crippen LogP contribution >= 0.6 is 0 Å². The predicted octanol–water partition coefficient (Wildman–Crippen LogP) is 1.68. The SMILES string of the molecule is NCCCOCCCOCCCNC(=O)/C=C/c1ccc(O)cc1. The number of rotatable bonds is 13. The number of benzene rings is 1. The van der Waals surface area contributed by atoms with E-state index in [1.54, 1.807) is 30.3 Å². The third-order valence-electron chi connectivity index (χ3n) is 3.16. The Morgan fingerprint density at radius 3 is 2.33 bits per heavy atom. The number of aromatic hydroxyl groups is 1. The van der Waals surface area contributed by atoms with E-state index < -0.39 is 0 Å². The highest BCUT2D eigenvalue weighted by atomic mass is 16.5. The highest BCUT2D eigenvalue weighted by molar-refractivity contribution is 5.91. The molecule has 6 nitrogen and oxygen atoms in total. The van der Waals surface area contributed by atoms with E-state index in [-0.39, 0.29) is 11.7 Å². The van der Waals surface area contributed by atoms with Gasteiger partial charge in [-0.05, 0) is 49.6 Å². The van der Waals surface area contributed by atoms with Gasteiger partial charge in [0.2, 0.25) is 5.91 Å². The van der Waals surface area contributed by atoms with Crippen LogP contribution in [0.2, 0.25) is 0 Å². The summed E-state index contributed by atoms with van der Waals surface area (Å²) in [5.74, 6) is 0.0649. The number of carbonyl (C=O) groups excluding carboxylic acids is 1. The first-order valence-electron chi connectivity index (χ1n) is 8.33. The molecule has 6 heteroatoms. The van der Waals surface area contributed by atoms with Crippen LogP contribution in [0.1, 0.15) is 24.8 Å². The van der Waals surface area contributed by atoms with E-state index in [4.69, 9.17) is 15.2 Å². The lowest BCUT2D eigenvalue weighted by atomic mass is 10.2. The normalized spacial score (nSPS) is 11.0. The quantitative estimate of drug-likeness (QED) is 0.376. The van der Waals surface area contributed by atoms with Gasteiger partial charge >= 0.3 is 0 Å². The molecule has 0 heterocycles. The zero-order valence-electron chi connectivity index (χ0n) is 14.1. The first-order chi connectivity index (χ1) is 11.7. The molecular formula is C18H28N2O4. The van der Waals surface area contributed by atoms with Crippen LogP contribution in [0.15, 0.2) is 30.3 Å². The summed E-state index contributed by atoms with van der Waals surface area (Å²) in [5.41, 5.74) is 6.23. The summed E-state index contributed by atoms with van der Waals surface area (Å²) in [7, 11) is 0. The molecule has 0 aliphatic rings. The van der Waals surface area contributed by atoms with Gasteiger partial charge in [0.05, 0.1) is 0 Å². The van der Waals surface area contributed by atoms with Crippen molar-refractivity contribution in [1.82, 2.24) is 5.32 Å². The van der Waals surface area contributed by atoms with Crippen molar-refractivity contribution in [1.29, 1.82) is 0 Å². The monoisotopic (exact) mass is 336 g/mol. The second kappa shape index (κ2) is 13.5. The van der Waals surface area contributed by atoms with Crippen LogP contribution in [0.3, 0.4) is 0 Å². The van der Waals surface area contributed by atoms with E-state index in [1.165, 1.54) is 6.08 Å². The molecule has 0 atom stereocenters. The number of ether oxygens (including phenoxy) is 2. The summed E-state index contributed by atoms with van der Waals surface area (Å²) in [6.07, 6.45) is 5.71. The Labute approximate surface area is 143 Å². The van der Waals surface area contributed by atoms with Crippen molar-refractivity contribution in [2.75, 3.05) is 39.5 Å². The van der Waals surface area contributed by atoms with Crippen LogP contribution in [0, 0.1) is 0 Å². The lowest BCUT2D eigenvalue weighted by Crippen LogP contribution is -2.23. The topological polar surface area (TPSA) is 93.8 Å². The average Bonchev–Trinajstić information content (AvgIpc) is 2.59. The van der Waals surface area contributed by atoms with Crippen molar-refractivity contribution < 1.29 is 19.4 Å². The standard InChI is InChI=1S/C18H28N2O4/c19-10-1-12-23-14-3-15-24-13-2-11-20-18(22)9-6-16-4-7-17(21)8-5-16/h4-9,21H,1-3,10-15,19H2,(H,20,22)/b9-6+. The first kappa shape index (κ1) is 20.2. The highest BCUT2D eigenvalue weighted by Crippen LogP contribution is 2.10. The van der Waals surface area contributed by atoms with Gasteiger partial charge in [0.25, 0.3) is 0 Å². The lowest BCUT2D eigenvalue weighted by molar-refractivity contribution is -0.116. The average molecular weight is 336 g/mol. The summed E-state index contributed by atoms with van der Waals surface area (Å²) in [4.78, 5) is 11.6. The van der Waals surface area contributed by atoms with Gasteiger partial charge in [0.1, 0.15) is 5.75 Å². The van der Waals surface area contributed by atoms with E-state index in [0.29, 0.717) is 39.5 Å². The molecule has 0 spiro atoms. The van der Waals surface area contributed by atoms with E-state index >= 15 is 0 Å². The maximum Gasteiger partial charge on any atom is 0.244 e. The summed E-state index contributed by atoms with van der Waals surface area (Å²) >= 11 is 0. The summed E-state index contributed by atoms with van der Waals surface area (Å²) in [6, 6.07) is 6.65. The number of phenolic OH excluding ortho intramolecular Hbond substituents is 1. The molecule has 4 N–H and O–H groups in total. The molecule has 0 saturated carbocycles. The molecule has 0 aromatic heterocycles. The Bertz CT molecular complexity index is 474. The minimum Gasteiger partial charge on any atom is -0.508 e. The fourth-order valence-electron chi connectivity index (χ4n) is 1.85. The number of hydrogen-bond donors (Lipinski definition) is 3. The first-order valence-corrected chi connectivity index (χ1v) is 8.33. The van der Waals surface area contributed by atoms with Crippen molar-refractivity contribution in [2.24, 2.45) is 5.73 Å². The Morgan fingerprint density at radius 1 is 1.04 bits per heavy atom. The molecule has 0 aliphatic heterocycles. The Kier molecular flexibility index (Phi) is 11.4. The Morgan fingerprint density at radius 2 is 1.67 bits per heavy atom. The van der Waals surface area contributed by atoms with Crippen LogP contribution in [-0.2, 0) is 14.3 Å². The third kappa shape index (κ3) is 10.8. The van der Waals surface area contributed by atoms with E-state index in [9.17, 15) is 9.90 Å². The number of phenols is 1. The predicted molar refractivity (Wildman–Crippen MR) is 94.7 cm³/mol. The number of nitrogens with two attached hydrogens (primary N) is 1. The molecule has 0 fully saturated rings. The molecule has 0 bridgehead atoms. The molecule has 24 heavy (non-hydrogen) atoms. The van der Waals surface area contributed by atoms with Gasteiger partial charge in [-0.25, -0.2) is 0 Å². The summed E-state index contributed by atoms with van der Waals surface area (Å²) in [5, 5.41) is 12.0. The number of carbonyl (C=O) groups is 1. The highest BCUT2D eigenvalue weighted by Gasteiger charge is 1.96. The van der Waals surface area contributed by atoms with Crippen LogP contribution < -0.4 is 11.1 Å². The molecule has 134 valence electrons. The Balaban J connectivity index is 1.95. The van der Waals surface area contributed by atoms with Crippen LogP contribution in [0.25, 0.3) is 6.08 Å². The van der Waals surface area contributed by atoms with Gasteiger partial charge in [-0.2, -0.15) is 0 Å². The molecule has 1 rings (SSSR count). The van der Waals surface area contributed by atoms with Crippen LogP contribution in [0.5, 0.6) is 5.75 Å². The summed E-state index contributed by atoms with van der Waals surface area (Å²) in [6.45, 7) is 3.92. The maximum absolute atomic E-state index is 11.6.